The van der Waals surface area contributed by atoms with Crippen LogP contribution in [0.1, 0.15) is 39.5 Å². The number of hydrogen-bond donors (Lipinski definition) is 2. The molecule has 0 spiro atoms. The van der Waals surface area contributed by atoms with Crippen molar-refractivity contribution in [2.75, 3.05) is 37.6 Å². The van der Waals surface area contributed by atoms with Gasteiger partial charge in [0.2, 0.25) is 5.91 Å². The quantitative estimate of drug-likeness (QED) is 0.741. The highest BCUT2D eigenvalue weighted by Crippen LogP contribution is 2.33. The normalized spacial score (nSPS) is 18.4. The number of urea groups is 1. The summed E-state index contributed by atoms with van der Waals surface area (Å²) in [5.41, 5.74) is 0.746. The van der Waals surface area contributed by atoms with E-state index in [1.165, 1.54) is 0 Å². The van der Waals surface area contributed by atoms with Gasteiger partial charge in [0, 0.05) is 19.6 Å². The molecule has 164 valence electrons. The number of rotatable bonds is 6. The molecule has 1 aromatic carbocycles. The fraction of sp³-hybridized carbons (Fsp3) is 0.591. The summed E-state index contributed by atoms with van der Waals surface area (Å²) in [6.45, 7) is 6.40. The molecule has 0 radical (unpaired) electrons. The van der Waals surface area contributed by atoms with Crippen LogP contribution >= 0.6 is 0 Å². The number of imide groups is 1. The van der Waals surface area contributed by atoms with Crippen molar-refractivity contribution in [1.82, 2.24) is 15.5 Å². The van der Waals surface area contributed by atoms with Crippen LogP contribution < -0.4 is 20.3 Å². The van der Waals surface area contributed by atoms with Gasteiger partial charge in [0.25, 0.3) is 5.91 Å². The number of carbonyl (C=O) groups is 3. The smallest absolute Gasteiger partial charge is 0.321 e. The van der Waals surface area contributed by atoms with Crippen LogP contribution in [-0.2, 0) is 9.59 Å². The molecule has 8 heteroatoms. The lowest BCUT2D eigenvalue weighted by Gasteiger charge is -2.38. The summed E-state index contributed by atoms with van der Waals surface area (Å²) in [6, 6.07) is 6.86. The lowest BCUT2D eigenvalue weighted by molar-refractivity contribution is -0.139. The first kappa shape index (κ1) is 21.9. The van der Waals surface area contributed by atoms with Crippen molar-refractivity contribution >= 4 is 23.5 Å². The number of piperidine rings is 1. The number of para-hydroxylation sites is 2. The first-order chi connectivity index (χ1) is 14.4. The van der Waals surface area contributed by atoms with Crippen molar-refractivity contribution < 1.29 is 19.1 Å². The number of ether oxygens (including phenoxy) is 1. The van der Waals surface area contributed by atoms with Crippen LogP contribution in [0.4, 0.5) is 10.5 Å². The van der Waals surface area contributed by atoms with E-state index in [2.05, 4.69) is 24.5 Å². The number of benzene rings is 1. The Morgan fingerprint density at radius 3 is 2.60 bits per heavy atom. The van der Waals surface area contributed by atoms with E-state index in [-0.39, 0.29) is 19.0 Å². The van der Waals surface area contributed by atoms with Gasteiger partial charge in [-0.15, -0.1) is 0 Å². The Labute approximate surface area is 177 Å². The molecule has 0 aliphatic carbocycles. The summed E-state index contributed by atoms with van der Waals surface area (Å²) in [7, 11) is 0. The molecule has 1 saturated heterocycles. The Bertz CT molecular complexity index is 761. The lowest BCUT2D eigenvalue weighted by atomic mass is 10.1. The number of amides is 4. The Balaban J connectivity index is 1.61. The van der Waals surface area contributed by atoms with E-state index in [1.54, 1.807) is 6.07 Å². The van der Waals surface area contributed by atoms with Gasteiger partial charge in [-0.05, 0) is 43.7 Å². The van der Waals surface area contributed by atoms with Gasteiger partial charge in [-0.3, -0.25) is 14.9 Å². The molecule has 4 amide bonds. The largest absolute Gasteiger partial charge is 0.477 e. The second kappa shape index (κ2) is 10.3. The maximum Gasteiger partial charge on any atom is 0.321 e. The molecule has 0 saturated carbocycles. The van der Waals surface area contributed by atoms with Crippen molar-refractivity contribution in [2.24, 2.45) is 5.92 Å². The number of hydrogen-bond acceptors (Lipinski definition) is 5. The number of carbonyl (C=O) groups excluding carboxylic acids is 3. The minimum absolute atomic E-state index is 0.0260. The van der Waals surface area contributed by atoms with E-state index >= 15 is 0 Å². The van der Waals surface area contributed by atoms with E-state index in [0.29, 0.717) is 18.2 Å². The standard InChI is InChI=1S/C22H32N4O4/c1-16(2)10-11-23-22(29)24-20(27)15-26-14-19(21(28)25-12-6-3-7-13-25)30-18-9-5-4-8-17(18)26/h4-5,8-9,16,19H,3,6-7,10-15H2,1-2H3,(H2,23,24,27,29)/t19-/m0/s1. The van der Waals surface area contributed by atoms with E-state index in [0.717, 1.165) is 44.5 Å². The molecular weight excluding hydrogens is 384 g/mol. The van der Waals surface area contributed by atoms with Gasteiger partial charge in [0.15, 0.2) is 6.10 Å². The summed E-state index contributed by atoms with van der Waals surface area (Å²) in [5, 5.41) is 5.07. The number of fused-ring (bicyclic) bond motifs is 1. The third-order valence-electron chi connectivity index (χ3n) is 5.40. The molecule has 2 aliphatic rings. The monoisotopic (exact) mass is 416 g/mol. The molecule has 3 rings (SSSR count). The average Bonchev–Trinajstić information content (AvgIpc) is 2.73. The maximum absolute atomic E-state index is 13.0. The molecule has 1 aromatic rings. The molecule has 0 unspecified atom stereocenters. The molecule has 30 heavy (non-hydrogen) atoms. The molecule has 2 aliphatic heterocycles. The Morgan fingerprint density at radius 1 is 1.13 bits per heavy atom. The van der Waals surface area contributed by atoms with Gasteiger partial charge in [-0.25, -0.2) is 4.79 Å². The van der Waals surface area contributed by atoms with Crippen LogP contribution in [0.2, 0.25) is 0 Å². The number of nitrogens with one attached hydrogen (secondary N) is 2. The summed E-state index contributed by atoms with van der Waals surface area (Å²) in [6.07, 6.45) is 3.34. The second-order valence-electron chi connectivity index (χ2n) is 8.33. The molecule has 0 bridgehead atoms. The maximum atomic E-state index is 13.0. The van der Waals surface area contributed by atoms with Crippen molar-refractivity contribution in [2.45, 2.75) is 45.6 Å². The molecule has 2 N–H and O–H groups in total. The van der Waals surface area contributed by atoms with E-state index in [1.807, 2.05) is 28.0 Å². The van der Waals surface area contributed by atoms with Crippen molar-refractivity contribution in [3.63, 3.8) is 0 Å². The zero-order valence-corrected chi connectivity index (χ0v) is 17.9. The van der Waals surface area contributed by atoms with E-state index < -0.39 is 18.0 Å². The summed E-state index contributed by atoms with van der Waals surface area (Å²) in [4.78, 5) is 41.0. The fourth-order valence-electron chi connectivity index (χ4n) is 3.76. The van der Waals surface area contributed by atoms with Crippen LogP contribution in [0.3, 0.4) is 0 Å². The van der Waals surface area contributed by atoms with Gasteiger partial charge in [0.05, 0.1) is 18.8 Å². The molecule has 2 heterocycles. The second-order valence-corrected chi connectivity index (χ2v) is 8.33. The minimum atomic E-state index is -0.661. The van der Waals surface area contributed by atoms with Crippen LogP contribution in [0, 0.1) is 5.92 Å². The third kappa shape index (κ3) is 5.87. The first-order valence-electron chi connectivity index (χ1n) is 10.8. The Morgan fingerprint density at radius 2 is 1.87 bits per heavy atom. The molecule has 0 aromatic heterocycles. The van der Waals surface area contributed by atoms with E-state index in [9.17, 15) is 14.4 Å². The number of likely N-dealkylation sites (tertiary alicyclic amines) is 1. The SMILES string of the molecule is CC(C)CCNC(=O)NC(=O)CN1C[C@@H](C(=O)N2CCCCC2)Oc2ccccc21. The highest BCUT2D eigenvalue weighted by Gasteiger charge is 2.34. The van der Waals surface area contributed by atoms with Crippen molar-refractivity contribution in [3.8, 4) is 5.75 Å². The molecule has 1 fully saturated rings. The van der Waals surface area contributed by atoms with Crippen LogP contribution in [0.25, 0.3) is 0 Å². The van der Waals surface area contributed by atoms with Crippen LogP contribution in [0.5, 0.6) is 5.75 Å². The van der Waals surface area contributed by atoms with Gasteiger partial charge < -0.3 is 19.9 Å². The van der Waals surface area contributed by atoms with Gasteiger partial charge in [-0.1, -0.05) is 26.0 Å². The predicted octanol–water partition coefficient (Wildman–Crippen LogP) is 2.14. The predicted molar refractivity (Wildman–Crippen MR) is 114 cm³/mol. The molecule has 1 atom stereocenters. The summed E-state index contributed by atoms with van der Waals surface area (Å²) in [5.74, 6) is 0.590. The fourth-order valence-corrected chi connectivity index (χ4v) is 3.76. The van der Waals surface area contributed by atoms with E-state index in [4.69, 9.17) is 4.74 Å². The van der Waals surface area contributed by atoms with Crippen molar-refractivity contribution in [3.05, 3.63) is 24.3 Å². The lowest BCUT2D eigenvalue weighted by Crippen LogP contribution is -2.53. The van der Waals surface area contributed by atoms with Gasteiger partial charge in [-0.2, -0.15) is 0 Å². The van der Waals surface area contributed by atoms with Crippen LogP contribution in [-0.4, -0.2) is 61.6 Å². The average molecular weight is 417 g/mol. The first-order valence-corrected chi connectivity index (χ1v) is 10.8. The zero-order valence-electron chi connectivity index (χ0n) is 17.9. The Kier molecular flexibility index (Phi) is 7.54. The topological polar surface area (TPSA) is 91.0 Å². The van der Waals surface area contributed by atoms with Gasteiger partial charge in [0.1, 0.15) is 5.75 Å². The summed E-state index contributed by atoms with van der Waals surface area (Å²) >= 11 is 0. The number of nitrogens with zero attached hydrogens (tertiary/aromatic N) is 2. The number of anilines is 1. The summed E-state index contributed by atoms with van der Waals surface area (Å²) < 4.78 is 5.97. The van der Waals surface area contributed by atoms with Crippen molar-refractivity contribution in [1.29, 1.82) is 0 Å². The Hall–Kier alpha value is -2.77. The third-order valence-corrected chi connectivity index (χ3v) is 5.40. The van der Waals surface area contributed by atoms with Gasteiger partial charge >= 0.3 is 6.03 Å². The molecule has 8 nitrogen and oxygen atoms in total. The minimum Gasteiger partial charge on any atom is -0.477 e. The van der Waals surface area contributed by atoms with Crippen LogP contribution in [0.15, 0.2) is 24.3 Å². The molecular formula is C22H32N4O4. The highest BCUT2D eigenvalue weighted by atomic mass is 16.5. The highest BCUT2D eigenvalue weighted by molar-refractivity contribution is 5.97. The zero-order chi connectivity index (χ0) is 21.5.